The molecule has 1 fully saturated rings. The molecule has 0 amide bonds. The number of aromatic nitrogens is 2. The number of sulfonamides is 1. The van der Waals surface area contributed by atoms with Gasteiger partial charge in [-0.2, -0.15) is 0 Å². The van der Waals surface area contributed by atoms with Gasteiger partial charge in [0.05, 0.1) is 10.6 Å². The Morgan fingerprint density at radius 3 is 2.36 bits per heavy atom. The lowest BCUT2D eigenvalue weighted by molar-refractivity contribution is 0.313. The molecule has 3 aromatic rings. The van der Waals surface area contributed by atoms with Crippen molar-refractivity contribution in [2.75, 3.05) is 43.4 Å². The summed E-state index contributed by atoms with van der Waals surface area (Å²) in [6.45, 7) is 11.6. The zero-order valence-corrected chi connectivity index (χ0v) is 22.6. The van der Waals surface area contributed by atoms with Gasteiger partial charge in [0.15, 0.2) is 0 Å². The second-order valence-electron chi connectivity index (χ2n) is 10.5. The minimum absolute atomic E-state index is 0.250. The molecule has 0 unspecified atom stereocenters. The van der Waals surface area contributed by atoms with E-state index in [1.54, 1.807) is 24.4 Å². The van der Waals surface area contributed by atoms with E-state index in [4.69, 9.17) is 4.98 Å². The van der Waals surface area contributed by atoms with Crippen molar-refractivity contribution in [1.82, 2.24) is 19.6 Å². The number of hydrogen-bond donors (Lipinski definition) is 2. The Bertz CT molecular complexity index is 1290. The van der Waals surface area contributed by atoms with Crippen LogP contribution in [0, 0.1) is 6.92 Å². The van der Waals surface area contributed by atoms with Gasteiger partial charge in [-0.05, 0) is 82.3 Å². The lowest BCUT2D eigenvalue weighted by Crippen LogP contribution is -2.44. The lowest BCUT2D eigenvalue weighted by atomic mass is 10.1. The number of aryl methyl sites for hydroxylation is 1. The summed E-state index contributed by atoms with van der Waals surface area (Å²) in [5.41, 5.74) is 4.25. The number of rotatable bonds is 7. The van der Waals surface area contributed by atoms with Gasteiger partial charge >= 0.3 is 0 Å². The first kappa shape index (κ1) is 26.1. The van der Waals surface area contributed by atoms with E-state index >= 15 is 0 Å². The smallest absolute Gasteiger partial charge is 0.241 e. The van der Waals surface area contributed by atoms with Crippen molar-refractivity contribution in [3.8, 4) is 0 Å². The van der Waals surface area contributed by atoms with Gasteiger partial charge < -0.3 is 15.1 Å². The zero-order chi connectivity index (χ0) is 25.9. The number of benzene rings is 2. The van der Waals surface area contributed by atoms with Crippen LogP contribution in [0.25, 0.3) is 0 Å². The maximum absolute atomic E-state index is 12.8. The molecule has 8 nitrogen and oxygen atoms in total. The summed E-state index contributed by atoms with van der Waals surface area (Å²) in [5, 5.41) is 3.30. The number of nitrogens with one attached hydrogen (secondary N) is 2. The van der Waals surface area contributed by atoms with Crippen LogP contribution in [0.15, 0.2) is 59.6 Å². The quantitative estimate of drug-likeness (QED) is 0.499. The van der Waals surface area contributed by atoms with Crippen molar-refractivity contribution >= 4 is 27.3 Å². The molecule has 1 aromatic heterocycles. The average molecular weight is 509 g/mol. The Kier molecular flexibility index (Phi) is 7.63. The highest BCUT2D eigenvalue weighted by molar-refractivity contribution is 7.89. The minimum Gasteiger partial charge on any atom is -0.369 e. The highest BCUT2D eigenvalue weighted by Gasteiger charge is 2.22. The van der Waals surface area contributed by atoms with Crippen molar-refractivity contribution in [2.24, 2.45) is 0 Å². The Morgan fingerprint density at radius 2 is 1.69 bits per heavy atom. The van der Waals surface area contributed by atoms with Gasteiger partial charge in [-0.1, -0.05) is 12.1 Å². The third-order valence-electron chi connectivity index (χ3n) is 6.09. The van der Waals surface area contributed by atoms with Crippen LogP contribution in [0.3, 0.4) is 0 Å². The second-order valence-corrected chi connectivity index (χ2v) is 12.1. The van der Waals surface area contributed by atoms with Crippen LogP contribution in [0.2, 0.25) is 0 Å². The van der Waals surface area contributed by atoms with Crippen molar-refractivity contribution in [1.29, 1.82) is 0 Å². The Morgan fingerprint density at radius 1 is 1.00 bits per heavy atom. The SMILES string of the molecule is Cc1cnc(Nc2ccc(N3CCN(C)CC3)cc2)nc1Cc1cccc(S(=O)(=O)NC(C)(C)C)c1. The van der Waals surface area contributed by atoms with E-state index in [0.717, 1.165) is 48.7 Å². The van der Waals surface area contributed by atoms with Gasteiger partial charge in [0.1, 0.15) is 0 Å². The van der Waals surface area contributed by atoms with Gasteiger partial charge in [0.25, 0.3) is 0 Å². The molecule has 4 rings (SSSR count). The van der Waals surface area contributed by atoms with Crippen LogP contribution in [-0.4, -0.2) is 62.1 Å². The van der Waals surface area contributed by atoms with Crippen molar-refractivity contribution in [2.45, 2.75) is 44.6 Å². The van der Waals surface area contributed by atoms with Gasteiger partial charge in [-0.3, -0.25) is 0 Å². The zero-order valence-electron chi connectivity index (χ0n) is 21.7. The van der Waals surface area contributed by atoms with Crippen LogP contribution in [0.1, 0.15) is 37.6 Å². The fraction of sp³-hybridized carbons (Fsp3) is 0.407. The number of likely N-dealkylation sites (N-methyl/N-ethyl adjacent to an activating group) is 1. The first-order valence-electron chi connectivity index (χ1n) is 12.2. The average Bonchev–Trinajstić information content (AvgIpc) is 2.81. The van der Waals surface area contributed by atoms with E-state index < -0.39 is 15.6 Å². The molecule has 0 bridgehead atoms. The maximum Gasteiger partial charge on any atom is 0.241 e. The number of nitrogens with zero attached hydrogens (tertiary/aromatic N) is 4. The number of hydrogen-bond acceptors (Lipinski definition) is 7. The standard InChI is InChI=1S/C27H36N6O2S/c1-20-19-28-26(29-22-9-11-23(12-10-22)33-15-13-32(5)14-16-33)30-25(20)18-21-7-6-8-24(17-21)36(34,35)31-27(2,3)4/h6-12,17,19,31H,13-16,18H2,1-5H3,(H,28,29,30). The molecule has 1 saturated heterocycles. The first-order chi connectivity index (χ1) is 17.0. The molecule has 0 atom stereocenters. The highest BCUT2D eigenvalue weighted by atomic mass is 32.2. The van der Waals surface area contributed by atoms with Gasteiger partial charge in [-0.25, -0.2) is 23.1 Å². The monoisotopic (exact) mass is 508 g/mol. The number of anilines is 3. The lowest BCUT2D eigenvalue weighted by Gasteiger charge is -2.34. The predicted octanol–water partition coefficient (Wildman–Crippen LogP) is 3.95. The van der Waals surface area contributed by atoms with Gasteiger partial charge in [0, 0.05) is 55.7 Å². The fourth-order valence-electron chi connectivity index (χ4n) is 4.14. The summed E-state index contributed by atoms with van der Waals surface area (Å²) < 4.78 is 28.2. The largest absolute Gasteiger partial charge is 0.369 e. The predicted molar refractivity (Wildman–Crippen MR) is 146 cm³/mol. The summed E-state index contributed by atoms with van der Waals surface area (Å²) >= 11 is 0. The summed E-state index contributed by atoms with van der Waals surface area (Å²) in [7, 11) is -1.45. The molecule has 2 aromatic carbocycles. The highest BCUT2D eigenvalue weighted by Crippen LogP contribution is 2.22. The molecular formula is C27H36N6O2S. The molecule has 0 radical (unpaired) electrons. The van der Waals surface area contributed by atoms with Crippen molar-refractivity contribution in [3.63, 3.8) is 0 Å². The molecule has 0 spiro atoms. The molecule has 2 heterocycles. The summed E-state index contributed by atoms with van der Waals surface area (Å²) in [6, 6.07) is 15.4. The topological polar surface area (TPSA) is 90.5 Å². The molecule has 36 heavy (non-hydrogen) atoms. The second kappa shape index (κ2) is 10.5. The molecule has 1 aliphatic rings. The van der Waals surface area contributed by atoms with Gasteiger partial charge in [0.2, 0.25) is 16.0 Å². The van der Waals surface area contributed by atoms with Crippen molar-refractivity contribution < 1.29 is 8.42 Å². The first-order valence-corrected chi connectivity index (χ1v) is 13.7. The Labute approximate surface area is 214 Å². The summed E-state index contributed by atoms with van der Waals surface area (Å²) in [6.07, 6.45) is 2.30. The molecule has 9 heteroatoms. The molecule has 0 saturated carbocycles. The van der Waals surface area contributed by atoms with Gasteiger partial charge in [-0.15, -0.1) is 0 Å². The van der Waals surface area contributed by atoms with Crippen molar-refractivity contribution in [3.05, 3.63) is 71.5 Å². The van der Waals surface area contributed by atoms with Crippen LogP contribution < -0.4 is 14.9 Å². The molecule has 192 valence electrons. The van der Waals surface area contributed by atoms with E-state index in [9.17, 15) is 8.42 Å². The maximum atomic E-state index is 12.8. The van der Waals surface area contributed by atoms with E-state index in [1.807, 2.05) is 45.9 Å². The summed E-state index contributed by atoms with van der Waals surface area (Å²) in [5.74, 6) is 0.515. The van der Waals surface area contributed by atoms with E-state index in [0.29, 0.717) is 12.4 Å². The van der Waals surface area contributed by atoms with E-state index in [-0.39, 0.29) is 4.90 Å². The van der Waals surface area contributed by atoms with E-state index in [2.05, 4.69) is 44.0 Å². The van der Waals surface area contributed by atoms with Crippen LogP contribution in [0.4, 0.5) is 17.3 Å². The normalized spacial score (nSPS) is 15.2. The fourth-order valence-corrected chi connectivity index (χ4v) is 5.63. The molecule has 2 N–H and O–H groups in total. The van der Waals surface area contributed by atoms with E-state index in [1.165, 1.54) is 5.69 Å². The third kappa shape index (κ3) is 6.81. The molecule has 1 aliphatic heterocycles. The molecule has 0 aliphatic carbocycles. The number of piperazine rings is 1. The van der Waals surface area contributed by atoms with Crippen LogP contribution in [-0.2, 0) is 16.4 Å². The van der Waals surface area contributed by atoms with Crippen LogP contribution >= 0.6 is 0 Å². The third-order valence-corrected chi connectivity index (χ3v) is 7.84. The summed E-state index contributed by atoms with van der Waals surface area (Å²) in [4.78, 5) is 14.2. The minimum atomic E-state index is -3.61. The van der Waals surface area contributed by atoms with Crippen LogP contribution in [0.5, 0.6) is 0 Å². The molecular weight excluding hydrogens is 472 g/mol. The Hall–Kier alpha value is -3.01. The Balaban J connectivity index is 1.47.